The molecule has 1 rings (SSSR count). The number of benzene rings is 1. The van der Waals surface area contributed by atoms with Crippen LogP contribution in [0.5, 0.6) is 0 Å². The highest BCUT2D eigenvalue weighted by Crippen LogP contribution is 2.29. The average molecular weight is 230 g/mol. The van der Waals surface area contributed by atoms with Gasteiger partial charge in [-0.2, -0.15) is 5.26 Å². The molecule has 92 valence electrons. The van der Waals surface area contributed by atoms with Crippen molar-refractivity contribution in [1.82, 2.24) is 0 Å². The van der Waals surface area contributed by atoms with Gasteiger partial charge in [0.1, 0.15) is 0 Å². The molecule has 0 fully saturated rings. The van der Waals surface area contributed by atoms with Crippen molar-refractivity contribution in [3.63, 3.8) is 0 Å². The zero-order valence-corrected chi connectivity index (χ0v) is 11.5. The quantitative estimate of drug-likeness (QED) is 0.845. The van der Waals surface area contributed by atoms with Crippen LogP contribution in [0.1, 0.15) is 55.5 Å². The Kier molecular flexibility index (Phi) is 3.95. The first-order valence-corrected chi connectivity index (χ1v) is 6.01. The van der Waals surface area contributed by atoms with Gasteiger partial charge in [0.25, 0.3) is 0 Å². The summed E-state index contributed by atoms with van der Waals surface area (Å²) in [6.45, 7) is 10.8. The third kappa shape index (κ3) is 3.08. The molecule has 0 aliphatic heterocycles. The summed E-state index contributed by atoms with van der Waals surface area (Å²) < 4.78 is 0. The van der Waals surface area contributed by atoms with Gasteiger partial charge in [0.15, 0.2) is 0 Å². The summed E-state index contributed by atoms with van der Waals surface area (Å²) in [5.41, 5.74) is 11.0. The van der Waals surface area contributed by atoms with Gasteiger partial charge in [-0.1, -0.05) is 32.9 Å². The van der Waals surface area contributed by atoms with E-state index in [1.54, 1.807) is 0 Å². The second-order valence-electron chi connectivity index (χ2n) is 5.74. The van der Waals surface area contributed by atoms with E-state index in [1.807, 2.05) is 0 Å². The van der Waals surface area contributed by atoms with Gasteiger partial charge in [0.2, 0.25) is 0 Å². The van der Waals surface area contributed by atoms with E-state index >= 15 is 0 Å². The summed E-state index contributed by atoms with van der Waals surface area (Å²) in [5, 5.41) is 8.73. The van der Waals surface area contributed by atoms with Crippen molar-refractivity contribution in [1.29, 1.82) is 5.26 Å². The van der Waals surface area contributed by atoms with Crippen LogP contribution in [0.4, 0.5) is 0 Å². The van der Waals surface area contributed by atoms with Gasteiger partial charge in [-0.3, -0.25) is 0 Å². The molecule has 0 aliphatic carbocycles. The molecule has 0 aromatic heterocycles. The smallest absolute Gasteiger partial charge is 0.0641 e. The Morgan fingerprint density at radius 1 is 1.24 bits per heavy atom. The Hall–Kier alpha value is -1.33. The first-order valence-electron chi connectivity index (χ1n) is 6.01. The SMILES string of the molecule is Cc1cc(C(C)(C)C)cc(C)c1C(N)CC#N. The van der Waals surface area contributed by atoms with E-state index in [0.29, 0.717) is 6.42 Å². The van der Waals surface area contributed by atoms with Crippen LogP contribution in [0.2, 0.25) is 0 Å². The third-order valence-electron chi connectivity index (χ3n) is 3.14. The second kappa shape index (κ2) is 4.89. The molecule has 0 aliphatic rings. The molecule has 0 heterocycles. The summed E-state index contributed by atoms with van der Waals surface area (Å²) in [5.74, 6) is 0. The predicted octanol–water partition coefficient (Wildman–Crippen LogP) is 3.51. The average Bonchev–Trinajstić information content (AvgIpc) is 2.15. The molecule has 0 radical (unpaired) electrons. The topological polar surface area (TPSA) is 49.8 Å². The van der Waals surface area contributed by atoms with Gasteiger partial charge >= 0.3 is 0 Å². The van der Waals surface area contributed by atoms with E-state index in [0.717, 1.165) is 5.56 Å². The fourth-order valence-electron chi connectivity index (χ4n) is 2.19. The van der Waals surface area contributed by atoms with Crippen LogP contribution in [-0.2, 0) is 5.41 Å². The van der Waals surface area contributed by atoms with Crippen LogP contribution >= 0.6 is 0 Å². The Morgan fingerprint density at radius 2 is 1.71 bits per heavy atom. The van der Waals surface area contributed by atoms with Crippen molar-refractivity contribution >= 4 is 0 Å². The highest BCUT2D eigenvalue weighted by atomic mass is 14.6. The van der Waals surface area contributed by atoms with Crippen LogP contribution in [0.15, 0.2) is 12.1 Å². The Morgan fingerprint density at radius 3 is 2.06 bits per heavy atom. The summed E-state index contributed by atoms with van der Waals surface area (Å²) >= 11 is 0. The molecule has 2 heteroatoms. The van der Waals surface area contributed by atoms with E-state index in [4.69, 9.17) is 11.0 Å². The van der Waals surface area contributed by atoms with Gasteiger partial charge in [0.05, 0.1) is 12.5 Å². The fraction of sp³-hybridized carbons (Fsp3) is 0.533. The maximum atomic E-state index is 8.73. The van der Waals surface area contributed by atoms with Crippen molar-refractivity contribution in [3.05, 3.63) is 34.4 Å². The van der Waals surface area contributed by atoms with Gasteiger partial charge in [-0.05, 0) is 41.5 Å². The van der Waals surface area contributed by atoms with Crippen molar-refractivity contribution in [2.75, 3.05) is 0 Å². The Balaban J connectivity index is 3.25. The lowest BCUT2D eigenvalue weighted by Gasteiger charge is -2.23. The zero-order valence-electron chi connectivity index (χ0n) is 11.5. The molecule has 1 unspecified atom stereocenters. The number of hydrogen-bond donors (Lipinski definition) is 1. The number of hydrogen-bond acceptors (Lipinski definition) is 2. The Labute approximate surface area is 104 Å². The number of nitriles is 1. The molecule has 0 spiro atoms. The first kappa shape index (κ1) is 13.7. The molecule has 17 heavy (non-hydrogen) atoms. The molecule has 0 amide bonds. The number of nitrogens with zero attached hydrogens (tertiary/aromatic N) is 1. The summed E-state index contributed by atoms with van der Waals surface area (Å²) in [7, 11) is 0. The van der Waals surface area contributed by atoms with Crippen molar-refractivity contribution < 1.29 is 0 Å². The third-order valence-corrected chi connectivity index (χ3v) is 3.14. The van der Waals surface area contributed by atoms with E-state index in [-0.39, 0.29) is 11.5 Å². The van der Waals surface area contributed by atoms with E-state index < -0.39 is 0 Å². The van der Waals surface area contributed by atoms with Crippen molar-refractivity contribution in [3.8, 4) is 6.07 Å². The number of nitrogens with two attached hydrogens (primary N) is 1. The summed E-state index contributed by atoms with van der Waals surface area (Å²) in [4.78, 5) is 0. The predicted molar refractivity (Wildman–Crippen MR) is 71.8 cm³/mol. The summed E-state index contributed by atoms with van der Waals surface area (Å²) in [6, 6.07) is 6.36. The van der Waals surface area contributed by atoms with Gasteiger partial charge in [-0.15, -0.1) is 0 Å². The molecule has 2 nitrogen and oxygen atoms in total. The maximum Gasteiger partial charge on any atom is 0.0641 e. The molecule has 1 aromatic rings. The maximum absolute atomic E-state index is 8.73. The molecule has 1 aromatic carbocycles. The minimum Gasteiger partial charge on any atom is -0.323 e. The van der Waals surface area contributed by atoms with Crippen LogP contribution in [-0.4, -0.2) is 0 Å². The lowest BCUT2D eigenvalue weighted by atomic mass is 9.82. The molecular formula is C15H22N2. The van der Waals surface area contributed by atoms with Gasteiger partial charge in [-0.25, -0.2) is 0 Å². The largest absolute Gasteiger partial charge is 0.323 e. The van der Waals surface area contributed by atoms with Crippen molar-refractivity contribution in [2.45, 2.75) is 52.5 Å². The fourth-order valence-corrected chi connectivity index (χ4v) is 2.19. The lowest BCUT2D eigenvalue weighted by molar-refractivity contribution is 0.587. The lowest BCUT2D eigenvalue weighted by Crippen LogP contribution is -2.16. The number of rotatable bonds is 2. The molecule has 0 saturated heterocycles. The van der Waals surface area contributed by atoms with Crippen molar-refractivity contribution in [2.24, 2.45) is 5.73 Å². The molecule has 2 N–H and O–H groups in total. The van der Waals surface area contributed by atoms with E-state index in [1.165, 1.54) is 16.7 Å². The highest BCUT2D eigenvalue weighted by Gasteiger charge is 2.18. The van der Waals surface area contributed by atoms with Gasteiger partial charge in [0, 0.05) is 6.04 Å². The monoisotopic (exact) mass is 230 g/mol. The first-order chi connectivity index (χ1) is 7.77. The molecule has 0 bridgehead atoms. The normalized spacial score (nSPS) is 13.2. The Bertz CT molecular complexity index is 424. The van der Waals surface area contributed by atoms with E-state index in [2.05, 4.69) is 52.8 Å². The molecule has 0 saturated carbocycles. The molecule has 1 atom stereocenters. The van der Waals surface area contributed by atoms with Crippen LogP contribution in [0.3, 0.4) is 0 Å². The van der Waals surface area contributed by atoms with E-state index in [9.17, 15) is 0 Å². The second-order valence-corrected chi connectivity index (χ2v) is 5.74. The van der Waals surface area contributed by atoms with Crippen LogP contribution < -0.4 is 5.73 Å². The van der Waals surface area contributed by atoms with Gasteiger partial charge < -0.3 is 5.73 Å². The molecular weight excluding hydrogens is 208 g/mol. The zero-order chi connectivity index (χ0) is 13.2. The van der Waals surface area contributed by atoms with Crippen LogP contribution in [0.25, 0.3) is 0 Å². The number of aryl methyl sites for hydroxylation is 2. The standard InChI is InChI=1S/C15H22N2/c1-10-8-12(15(3,4)5)9-11(2)14(10)13(17)6-7-16/h8-9,13H,6,17H2,1-5H3. The minimum absolute atomic E-state index is 0.146. The highest BCUT2D eigenvalue weighted by molar-refractivity contribution is 5.42. The van der Waals surface area contributed by atoms with Crippen LogP contribution in [0, 0.1) is 25.2 Å². The summed E-state index contributed by atoms with van der Waals surface area (Å²) in [6.07, 6.45) is 0.372. The minimum atomic E-state index is -0.172.